The molecule has 0 fully saturated rings. The van der Waals surface area contributed by atoms with Crippen molar-refractivity contribution in [3.63, 3.8) is 0 Å². The minimum atomic E-state index is -0.796. The lowest BCUT2D eigenvalue weighted by atomic mass is 10.0. The largest absolute Gasteiger partial charge is 0.462 e. The molecule has 83 heavy (non-hydrogen) atoms. The molecule has 0 aliphatic heterocycles. The van der Waals surface area contributed by atoms with Crippen LogP contribution < -0.4 is 0 Å². The molecule has 0 aromatic rings. The smallest absolute Gasteiger partial charge is 0.306 e. The Morgan fingerprint density at radius 1 is 0.253 bits per heavy atom. The van der Waals surface area contributed by atoms with Crippen LogP contribution in [0.3, 0.4) is 0 Å². The summed E-state index contributed by atoms with van der Waals surface area (Å²) in [4.78, 5) is 38.4. The summed E-state index contributed by atoms with van der Waals surface area (Å²) in [5, 5.41) is 0. The summed E-state index contributed by atoms with van der Waals surface area (Å²) in [6, 6.07) is 0. The van der Waals surface area contributed by atoms with Crippen LogP contribution in [0.15, 0.2) is 109 Å². The van der Waals surface area contributed by atoms with Gasteiger partial charge in [-0.2, -0.15) is 0 Å². The molecular weight excluding hydrogens is 1020 g/mol. The van der Waals surface area contributed by atoms with E-state index in [4.69, 9.17) is 14.2 Å². The first kappa shape index (κ1) is 79.1. The third-order valence-corrected chi connectivity index (χ3v) is 15.2. The van der Waals surface area contributed by atoms with E-state index in [0.29, 0.717) is 19.3 Å². The number of hydrogen-bond acceptors (Lipinski definition) is 6. The van der Waals surface area contributed by atoms with Crippen LogP contribution in [0.5, 0.6) is 0 Å². The van der Waals surface area contributed by atoms with E-state index in [0.717, 1.165) is 122 Å². The molecule has 0 bridgehead atoms. The second-order valence-electron chi connectivity index (χ2n) is 23.4. The molecule has 0 amide bonds. The van der Waals surface area contributed by atoms with Crippen LogP contribution in [-0.4, -0.2) is 37.2 Å². The molecule has 0 heterocycles. The van der Waals surface area contributed by atoms with Crippen LogP contribution in [-0.2, 0) is 28.6 Å². The molecule has 6 heteroatoms. The zero-order valence-corrected chi connectivity index (χ0v) is 54.7. The minimum Gasteiger partial charge on any atom is -0.462 e. The molecule has 0 spiro atoms. The first-order chi connectivity index (χ1) is 41.0. The Labute approximate surface area is 514 Å². The van der Waals surface area contributed by atoms with Crippen LogP contribution in [0, 0.1) is 0 Å². The standard InChI is InChI=1S/C77H132O6/c1-4-7-10-13-16-19-22-25-27-29-31-33-35-37-38-40-41-43-45-47-49-52-55-58-61-64-67-70-76(79)82-73-74(72-81-75(78)69-66-63-60-57-54-51-24-21-18-15-12-9-6-3)83-77(80)71-68-65-62-59-56-53-50-48-46-44-42-39-36-34-32-30-28-26-23-20-17-14-11-8-5-2/h8-9,11-12,17-18,20-21,26,28-29,31-32,34,39,42,51,54,74H,4-7,10,13-16,19,22-25,27,30,33,35-38,40-41,43-50,52-53,55-73H2,1-3H3/b11-8-,12-9-,20-17-,21-18-,28-26-,31-29-,34-32-,42-39-,54-51-. The Hall–Kier alpha value is -3.93. The van der Waals surface area contributed by atoms with E-state index >= 15 is 0 Å². The molecule has 1 unspecified atom stereocenters. The first-order valence-corrected chi connectivity index (χ1v) is 35.4. The van der Waals surface area contributed by atoms with Gasteiger partial charge in [0.15, 0.2) is 6.10 Å². The molecule has 476 valence electrons. The lowest BCUT2D eigenvalue weighted by Gasteiger charge is -2.18. The van der Waals surface area contributed by atoms with Gasteiger partial charge in [0.25, 0.3) is 0 Å². The first-order valence-electron chi connectivity index (χ1n) is 35.4. The third-order valence-electron chi connectivity index (χ3n) is 15.2. The summed E-state index contributed by atoms with van der Waals surface area (Å²) >= 11 is 0. The Kier molecular flexibility index (Phi) is 67.2. The van der Waals surface area contributed by atoms with Gasteiger partial charge in [0, 0.05) is 19.3 Å². The average Bonchev–Trinajstić information content (AvgIpc) is 3.49. The Balaban J connectivity index is 4.29. The van der Waals surface area contributed by atoms with E-state index < -0.39 is 6.10 Å². The summed E-state index contributed by atoms with van der Waals surface area (Å²) in [6.45, 7) is 6.42. The van der Waals surface area contributed by atoms with Gasteiger partial charge < -0.3 is 14.2 Å². The number of carbonyl (C=O) groups is 3. The number of carbonyl (C=O) groups excluding carboxylic acids is 3. The lowest BCUT2D eigenvalue weighted by Crippen LogP contribution is -2.30. The second-order valence-corrected chi connectivity index (χ2v) is 23.4. The molecule has 0 radical (unpaired) electrons. The maximum Gasteiger partial charge on any atom is 0.306 e. The molecule has 0 N–H and O–H groups in total. The quantitative estimate of drug-likeness (QED) is 0.0261. The van der Waals surface area contributed by atoms with Gasteiger partial charge in [-0.3, -0.25) is 14.4 Å². The van der Waals surface area contributed by atoms with Gasteiger partial charge in [-0.05, 0) is 122 Å². The zero-order valence-electron chi connectivity index (χ0n) is 54.7. The van der Waals surface area contributed by atoms with E-state index in [1.807, 2.05) is 0 Å². The van der Waals surface area contributed by atoms with Crippen LogP contribution >= 0.6 is 0 Å². The summed E-state index contributed by atoms with van der Waals surface area (Å²) < 4.78 is 16.9. The lowest BCUT2D eigenvalue weighted by molar-refractivity contribution is -0.167. The average molecular weight is 1150 g/mol. The summed E-state index contributed by atoms with van der Waals surface area (Å²) in [7, 11) is 0. The molecule has 0 rings (SSSR count). The van der Waals surface area contributed by atoms with Gasteiger partial charge >= 0.3 is 17.9 Å². The predicted molar refractivity (Wildman–Crippen MR) is 362 cm³/mol. The van der Waals surface area contributed by atoms with Crippen molar-refractivity contribution in [1.82, 2.24) is 0 Å². The molecule has 0 aromatic carbocycles. The monoisotopic (exact) mass is 1150 g/mol. The molecule has 0 aliphatic rings. The fourth-order valence-corrected chi connectivity index (χ4v) is 10.0. The fourth-order valence-electron chi connectivity index (χ4n) is 10.0. The number of hydrogen-bond donors (Lipinski definition) is 0. The van der Waals surface area contributed by atoms with Crippen LogP contribution in [0.1, 0.15) is 342 Å². The van der Waals surface area contributed by atoms with Crippen LogP contribution in [0.2, 0.25) is 0 Å². The summed E-state index contributed by atoms with van der Waals surface area (Å²) in [5.41, 5.74) is 0. The normalized spacial score (nSPS) is 12.8. The van der Waals surface area contributed by atoms with Crippen LogP contribution in [0.4, 0.5) is 0 Å². The molecule has 0 aliphatic carbocycles. The van der Waals surface area contributed by atoms with Crippen molar-refractivity contribution in [2.45, 2.75) is 348 Å². The number of allylic oxidation sites excluding steroid dienone is 18. The summed E-state index contributed by atoms with van der Waals surface area (Å²) in [6.07, 6.45) is 97.0. The second kappa shape index (κ2) is 70.6. The molecular formula is C77H132O6. The van der Waals surface area contributed by atoms with Gasteiger partial charge in [0.1, 0.15) is 13.2 Å². The van der Waals surface area contributed by atoms with E-state index in [1.54, 1.807) is 0 Å². The maximum absolute atomic E-state index is 13.0. The molecule has 0 saturated heterocycles. The molecule has 0 aromatic heterocycles. The highest BCUT2D eigenvalue weighted by molar-refractivity contribution is 5.71. The van der Waals surface area contributed by atoms with Crippen molar-refractivity contribution in [2.24, 2.45) is 0 Å². The topological polar surface area (TPSA) is 78.9 Å². The van der Waals surface area contributed by atoms with E-state index in [2.05, 4.69) is 130 Å². The van der Waals surface area contributed by atoms with Crippen molar-refractivity contribution in [3.05, 3.63) is 109 Å². The SMILES string of the molecule is CC/C=C\C/C=C\C/C=C\C/C=C\C/C=C\CCCCCCCCCCCC(=O)OC(COC(=O)CCCCC/C=C\C/C=C\C/C=C\CC)COC(=O)CCCCCCCCCCCCCCCCC/C=C\CCCCCCCCCC. The number of ether oxygens (including phenoxy) is 3. The van der Waals surface area contributed by atoms with Crippen molar-refractivity contribution in [2.75, 3.05) is 13.2 Å². The van der Waals surface area contributed by atoms with Crippen molar-refractivity contribution in [3.8, 4) is 0 Å². The highest BCUT2D eigenvalue weighted by atomic mass is 16.6. The predicted octanol–water partition coefficient (Wildman–Crippen LogP) is 24.6. The number of rotatable bonds is 64. The minimum absolute atomic E-state index is 0.0888. The molecule has 1 atom stereocenters. The van der Waals surface area contributed by atoms with Gasteiger partial charge in [-0.25, -0.2) is 0 Å². The Bertz CT molecular complexity index is 1660. The van der Waals surface area contributed by atoms with E-state index in [-0.39, 0.29) is 31.1 Å². The Morgan fingerprint density at radius 2 is 0.470 bits per heavy atom. The summed E-state index contributed by atoms with van der Waals surface area (Å²) in [5.74, 6) is -0.913. The maximum atomic E-state index is 13.0. The molecule has 0 saturated carbocycles. The highest BCUT2D eigenvalue weighted by Gasteiger charge is 2.19. The van der Waals surface area contributed by atoms with Crippen molar-refractivity contribution < 1.29 is 28.6 Å². The van der Waals surface area contributed by atoms with Crippen molar-refractivity contribution >= 4 is 17.9 Å². The highest BCUT2D eigenvalue weighted by Crippen LogP contribution is 2.17. The fraction of sp³-hybridized carbons (Fsp3) is 0.727. The van der Waals surface area contributed by atoms with Gasteiger partial charge in [-0.1, -0.05) is 310 Å². The van der Waals surface area contributed by atoms with E-state index in [9.17, 15) is 14.4 Å². The zero-order chi connectivity index (χ0) is 59.9. The third kappa shape index (κ3) is 68.7. The van der Waals surface area contributed by atoms with Gasteiger partial charge in [0.2, 0.25) is 0 Å². The van der Waals surface area contributed by atoms with Crippen molar-refractivity contribution in [1.29, 1.82) is 0 Å². The van der Waals surface area contributed by atoms with Crippen LogP contribution in [0.25, 0.3) is 0 Å². The van der Waals surface area contributed by atoms with Gasteiger partial charge in [0.05, 0.1) is 0 Å². The Morgan fingerprint density at radius 3 is 0.759 bits per heavy atom. The number of esters is 3. The molecule has 6 nitrogen and oxygen atoms in total. The van der Waals surface area contributed by atoms with Gasteiger partial charge in [-0.15, -0.1) is 0 Å². The van der Waals surface area contributed by atoms with E-state index in [1.165, 1.54) is 180 Å². The number of unbranched alkanes of at least 4 members (excludes halogenated alkanes) is 35.